The van der Waals surface area contributed by atoms with Crippen LogP contribution in [0, 0.1) is 5.82 Å². The number of anilines is 1. The molecule has 2 aromatic carbocycles. The van der Waals surface area contributed by atoms with Crippen LogP contribution in [-0.2, 0) is 0 Å². The molecule has 3 nitrogen and oxygen atoms in total. The van der Waals surface area contributed by atoms with Gasteiger partial charge in [0.05, 0.1) is 5.56 Å². The van der Waals surface area contributed by atoms with Gasteiger partial charge in [0.25, 0.3) is 0 Å². The van der Waals surface area contributed by atoms with E-state index in [0.717, 1.165) is 14.5 Å². The lowest BCUT2D eigenvalue weighted by atomic mass is 10.0. The molecule has 1 aromatic heterocycles. The van der Waals surface area contributed by atoms with Gasteiger partial charge >= 0.3 is 0 Å². The van der Waals surface area contributed by atoms with Crippen LogP contribution in [0.25, 0.3) is 22.5 Å². The van der Waals surface area contributed by atoms with Crippen molar-refractivity contribution in [2.24, 2.45) is 0 Å². The molecule has 6 heteroatoms. The lowest BCUT2D eigenvalue weighted by Crippen LogP contribution is -1.91. The largest absolute Gasteiger partial charge is 0.380 e. The number of rotatable bonds is 2. The summed E-state index contributed by atoms with van der Waals surface area (Å²) in [5.74, 6) is 0.216. The minimum atomic E-state index is -0.372. The summed E-state index contributed by atoms with van der Waals surface area (Å²) in [6.07, 6.45) is 0. The lowest BCUT2D eigenvalue weighted by Gasteiger charge is -2.05. The zero-order valence-electron chi connectivity index (χ0n) is 10.6. The summed E-state index contributed by atoms with van der Waals surface area (Å²) in [4.78, 5) is 0. The maximum absolute atomic E-state index is 14.0. The highest BCUT2D eigenvalue weighted by Gasteiger charge is 2.20. The third-order valence-corrected chi connectivity index (χ3v) is 3.90. The van der Waals surface area contributed by atoms with Crippen molar-refractivity contribution in [3.8, 4) is 22.5 Å². The number of hydrogen-bond acceptors (Lipinski definition) is 3. The van der Waals surface area contributed by atoms with Crippen molar-refractivity contribution in [1.82, 2.24) is 5.16 Å². The smallest absolute Gasteiger partial charge is 0.177 e. The molecule has 0 spiro atoms. The second kappa shape index (κ2) is 5.61. The van der Waals surface area contributed by atoms with Crippen molar-refractivity contribution >= 4 is 37.7 Å². The Morgan fingerprint density at radius 1 is 1.05 bits per heavy atom. The number of nitrogens with two attached hydrogens (primary N) is 1. The van der Waals surface area contributed by atoms with E-state index in [2.05, 4.69) is 37.0 Å². The van der Waals surface area contributed by atoms with Crippen LogP contribution in [0.5, 0.6) is 0 Å². The van der Waals surface area contributed by atoms with Crippen LogP contribution in [0.4, 0.5) is 10.2 Å². The van der Waals surface area contributed by atoms with Crippen LogP contribution in [-0.4, -0.2) is 5.16 Å². The molecule has 0 atom stereocenters. The van der Waals surface area contributed by atoms with E-state index in [1.807, 2.05) is 18.2 Å². The zero-order valence-corrected chi connectivity index (χ0v) is 13.8. The maximum atomic E-state index is 14.0. The minimum Gasteiger partial charge on any atom is -0.380 e. The summed E-state index contributed by atoms with van der Waals surface area (Å²) >= 11 is 6.83. The lowest BCUT2D eigenvalue weighted by molar-refractivity contribution is 0.436. The average Bonchev–Trinajstić information content (AvgIpc) is 2.80. The Hall–Kier alpha value is -1.66. The molecule has 0 amide bonds. The van der Waals surface area contributed by atoms with Crippen molar-refractivity contribution in [2.45, 2.75) is 0 Å². The van der Waals surface area contributed by atoms with Gasteiger partial charge in [-0.2, -0.15) is 0 Å². The molecular weight excluding hydrogens is 403 g/mol. The highest BCUT2D eigenvalue weighted by atomic mass is 79.9. The van der Waals surface area contributed by atoms with Crippen LogP contribution >= 0.6 is 31.9 Å². The third kappa shape index (κ3) is 2.73. The van der Waals surface area contributed by atoms with Crippen molar-refractivity contribution in [1.29, 1.82) is 0 Å². The fourth-order valence-corrected chi connectivity index (χ4v) is 3.40. The van der Waals surface area contributed by atoms with Gasteiger partial charge in [0.15, 0.2) is 11.6 Å². The van der Waals surface area contributed by atoms with Crippen molar-refractivity contribution < 1.29 is 8.91 Å². The first kappa shape index (κ1) is 14.3. The minimum absolute atomic E-state index is 0.159. The first-order chi connectivity index (χ1) is 10.1. The number of aromatic nitrogens is 1. The number of halogens is 3. The fourth-order valence-electron chi connectivity index (χ4n) is 2.11. The maximum Gasteiger partial charge on any atom is 0.177 e. The Kier molecular flexibility index (Phi) is 3.82. The van der Waals surface area contributed by atoms with Crippen molar-refractivity contribution in [3.63, 3.8) is 0 Å². The summed E-state index contributed by atoms with van der Waals surface area (Å²) in [5.41, 5.74) is 7.43. The quantitative estimate of drug-likeness (QED) is 0.626. The molecule has 2 N–H and O–H groups in total. The van der Waals surface area contributed by atoms with E-state index in [9.17, 15) is 4.39 Å². The molecule has 0 aliphatic rings. The summed E-state index contributed by atoms with van der Waals surface area (Å²) in [6.45, 7) is 0. The number of nitrogens with zero attached hydrogens (tertiary/aromatic N) is 1. The molecule has 0 aliphatic heterocycles. The molecule has 3 aromatic rings. The topological polar surface area (TPSA) is 52.0 Å². The molecule has 1 heterocycles. The van der Waals surface area contributed by atoms with Gasteiger partial charge in [-0.15, -0.1) is 0 Å². The van der Waals surface area contributed by atoms with E-state index in [4.69, 9.17) is 10.3 Å². The van der Waals surface area contributed by atoms with E-state index in [-0.39, 0.29) is 11.6 Å². The Morgan fingerprint density at radius 3 is 2.38 bits per heavy atom. The summed E-state index contributed by atoms with van der Waals surface area (Å²) in [6, 6.07) is 12.0. The Balaban J connectivity index is 2.24. The second-order valence-electron chi connectivity index (χ2n) is 4.41. The van der Waals surface area contributed by atoms with E-state index < -0.39 is 0 Å². The van der Waals surface area contributed by atoms with Crippen LogP contribution < -0.4 is 5.73 Å². The zero-order chi connectivity index (χ0) is 15.0. The molecule has 106 valence electrons. The van der Waals surface area contributed by atoms with Gasteiger partial charge in [-0.25, -0.2) is 4.39 Å². The van der Waals surface area contributed by atoms with E-state index in [0.29, 0.717) is 16.9 Å². The van der Waals surface area contributed by atoms with Gasteiger partial charge in [-0.05, 0) is 24.3 Å². The van der Waals surface area contributed by atoms with Gasteiger partial charge in [-0.1, -0.05) is 55.2 Å². The highest BCUT2D eigenvalue weighted by Crippen LogP contribution is 2.39. The predicted molar refractivity (Wildman–Crippen MR) is 87.1 cm³/mol. The van der Waals surface area contributed by atoms with Crippen molar-refractivity contribution in [3.05, 3.63) is 57.2 Å². The van der Waals surface area contributed by atoms with E-state index >= 15 is 0 Å². The third-order valence-electron chi connectivity index (χ3n) is 2.99. The molecule has 0 bridgehead atoms. The molecule has 3 rings (SSSR count). The number of benzene rings is 2. The molecule has 0 radical (unpaired) electrons. The first-order valence-corrected chi connectivity index (χ1v) is 7.61. The van der Waals surface area contributed by atoms with E-state index in [1.165, 1.54) is 6.07 Å². The highest BCUT2D eigenvalue weighted by molar-refractivity contribution is 9.11. The Morgan fingerprint density at radius 2 is 1.71 bits per heavy atom. The van der Waals surface area contributed by atoms with Gasteiger partial charge in [0.2, 0.25) is 0 Å². The number of hydrogen-bond donors (Lipinski definition) is 1. The summed E-state index contributed by atoms with van der Waals surface area (Å²) in [7, 11) is 0. The molecule has 0 saturated heterocycles. The fraction of sp³-hybridized carbons (Fsp3) is 0. The van der Waals surface area contributed by atoms with Crippen LogP contribution in [0.3, 0.4) is 0 Å². The van der Waals surface area contributed by atoms with Gasteiger partial charge < -0.3 is 10.3 Å². The number of nitrogen functional groups attached to an aromatic ring is 1. The normalized spacial score (nSPS) is 10.8. The molecule has 21 heavy (non-hydrogen) atoms. The van der Waals surface area contributed by atoms with E-state index in [1.54, 1.807) is 18.2 Å². The van der Waals surface area contributed by atoms with Crippen LogP contribution in [0.15, 0.2) is 55.9 Å². The molecule has 0 saturated carbocycles. The molecule has 0 aliphatic carbocycles. The summed E-state index contributed by atoms with van der Waals surface area (Å²) < 4.78 is 21.1. The molecule has 0 fully saturated rings. The van der Waals surface area contributed by atoms with Crippen LogP contribution in [0.2, 0.25) is 0 Å². The van der Waals surface area contributed by atoms with Crippen LogP contribution in [0.1, 0.15) is 0 Å². The SMILES string of the molecule is Nc1noc(-c2cc(Br)cc(Br)c2)c1-c1ccccc1F. The van der Waals surface area contributed by atoms with Gasteiger partial charge in [0.1, 0.15) is 5.82 Å². The second-order valence-corrected chi connectivity index (χ2v) is 6.24. The van der Waals surface area contributed by atoms with Gasteiger partial charge in [0, 0.05) is 20.1 Å². The predicted octanol–water partition coefficient (Wildman–Crippen LogP) is 5.25. The van der Waals surface area contributed by atoms with Gasteiger partial charge in [-0.3, -0.25) is 0 Å². The average molecular weight is 412 g/mol. The molecule has 0 unspecified atom stereocenters. The standard InChI is InChI=1S/C15H9Br2FN2O/c16-9-5-8(6-10(17)7-9)14-13(15(19)20-21-14)11-3-1-2-4-12(11)18/h1-7H,(H2,19,20). The first-order valence-electron chi connectivity index (χ1n) is 6.03. The summed E-state index contributed by atoms with van der Waals surface area (Å²) in [5, 5.41) is 3.78. The van der Waals surface area contributed by atoms with Crippen molar-refractivity contribution in [2.75, 3.05) is 5.73 Å². The Bertz CT molecular complexity index is 797. The molecular formula is C15H9Br2FN2O. The monoisotopic (exact) mass is 410 g/mol. The Labute approximate surface area is 137 Å².